The van der Waals surface area contributed by atoms with E-state index in [1.165, 1.54) is 13.8 Å². The van der Waals surface area contributed by atoms with Crippen molar-refractivity contribution in [1.82, 2.24) is 30.8 Å². The molecule has 0 saturated heterocycles. The molecule has 372 valence electrons. The summed E-state index contributed by atoms with van der Waals surface area (Å²) >= 11 is 0. The zero-order valence-corrected chi connectivity index (χ0v) is 40.4. The van der Waals surface area contributed by atoms with Crippen LogP contribution in [0.1, 0.15) is 71.7 Å². The van der Waals surface area contributed by atoms with E-state index in [9.17, 15) is 33.9 Å². The highest BCUT2D eigenvalue weighted by Crippen LogP contribution is 2.45. The lowest BCUT2D eigenvalue weighted by atomic mass is 9.77. The molecule has 0 unspecified atom stereocenters. The highest BCUT2D eigenvalue weighted by molar-refractivity contribution is 5.96. The second kappa shape index (κ2) is 22.9. The van der Waals surface area contributed by atoms with Crippen LogP contribution in [0, 0.1) is 0 Å². The van der Waals surface area contributed by atoms with Crippen molar-refractivity contribution in [2.75, 3.05) is 13.2 Å². The third-order valence-electron chi connectivity index (χ3n) is 12.9. The summed E-state index contributed by atoms with van der Waals surface area (Å²) in [5.74, 6) is -4.72. The molecule has 4 amide bonds. The number of ether oxygens (including phenoxy) is 2. The number of hydrogen-bond donors (Lipinski definition) is 5. The second-order valence-electron chi connectivity index (χ2n) is 18.2. The molecule has 15 heteroatoms. The number of aliphatic carboxylic acids is 1. The number of carbonyl (C=O) groups is 6. The van der Waals surface area contributed by atoms with Crippen LogP contribution in [0.5, 0.6) is 0 Å². The number of nitrogens with one attached hydrogen (secondary N) is 4. The zero-order valence-electron chi connectivity index (χ0n) is 40.4. The summed E-state index contributed by atoms with van der Waals surface area (Å²) in [4.78, 5) is 85.0. The Balaban J connectivity index is 1.05. The van der Waals surface area contributed by atoms with Crippen molar-refractivity contribution >= 4 is 35.8 Å². The topological polar surface area (TPSA) is 207 Å². The first-order valence-electron chi connectivity index (χ1n) is 24.0. The maximum atomic E-state index is 14.7. The molecule has 0 spiro atoms. The molecule has 0 fully saturated rings. The van der Waals surface area contributed by atoms with Gasteiger partial charge in [-0.1, -0.05) is 170 Å². The minimum Gasteiger partial charge on any atom is -0.480 e. The number of hydrogen-bond acceptors (Lipinski definition) is 9. The number of alkyl carbamates (subject to hydrolysis) is 1. The molecule has 0 radical (unpaired) electrons. The van der Waals surface area contributed by atoms with Gasteiger partial charge in [0.05, 0.1) is 12.0 Å². The monoisotopic (exact) mass is 980 g/mol. The van der Waals surface area contributed by atoms with Gasteiger partial charge < -0.3 is 40.4 Å². The van der Waals surface area contributed by atoms with E-state index >= 15 is 0 Å². The van der Waals surface area contributed by atoms with Gasteiger partial charge in [-0.15, -0.1) is 0 Å². The van der Waals surface area contributed by atoms with Crippen LogP contribution >= 0.6 is 0 Å². The first kappa shape index (κ1) is 50.5. The predicted octanol–water partition coefficient (Wildman–Crippen LogP) is 7.28. The molecule has 6 aromatic carbocycles. The van der Waals surface area contributed by atoms with Crippen LogP contribution in [-0.2, 0) is 52.0 Å². The number of esters is 1. The standard InChI is InChI=1S/C58H56N6O9/c1-57(2,55(70)61-49(53(68)59-34-51(65)66)31-32-52(67)72-36-39-19-7-3-8-20-39)63-54(69)50(62-56(71)73-37-48-46-29-17-15-27-44(46)45-28-16-18-30-47(45)48)33-43-35-64(38-60-43)58(40-21-9-4-10-22-40,41-23-11-5-12-24-41)42-25-13-6-14-26-42/h3-30,35,38,48-50H,31-34,36-37H2,1-2H3,(H,59,68)(H,61,70)(H,62,71)(H,63,69)(H,65,66)/t49-,50-/m0/s1. The first-order valence-corrected chi connectivity index (χ1v) is 24.0. The summed E-state index contributed by atoms with van der Waals surface area (Å²) in [5, 5.41) is 19.6. The van der Waals surface area contributed by atoms with E-state index in [4.69, 9.17) is 14.5 Å². The van der Waals surface area contributed by atoms with Crippen molar-refractivity contribution in [3.05, 3.63) is 221 Å². The Morgan fingerprint density at radius 3 is 1.71 bits per heavy atom. The number of rotatable bonds is 21. The van der Waals surface area contributed by atoms with Crippen molar-refractivity contribution in [1.29, 1.82) is 0 Å². The van der Waals surface area contributed by atoms with Gasteiger partial charge in [-0.05, 0) is 64.8 Å². The minimum absolute atomic E-state index is 0.0135. The van der Waals surface area contributed by atoms with Crippen molar-refractivity contribution in [2.24, 2.45) is 0 Å². The summed E-state index contributed by atoms with van der Waals surface area (Å²) in [6, 6.07) is 52.0. The van der Waals surface area contributed by atoms with Gasteiger partial charge in [0, 0.05) is 25.0 Å². The molecule has 1 aromatic heterocycles. The van der Waals surface area contributed by atoms with Crippen molar-refractivity contribution in [3.63, 3.8) is 0 Å². The lowest BCUT2D eigenvalue weighted by Crippen LogP contribution is -2.62. The van der Waals surface area contributed by atoms with Gasteiger partial charge in [0.25, 0.3) is 0 Å². The van der Waals surface area contributed by atoms with Crippen LogP contribution in [0.3, 0.4) is 0 Å². The van der Waals surface area contributed by atoms with Gasteiger partial charge >= 0.3 is 18.0 Å². The van der Waals surface area contributed by atoms with Crippen molar-refractivity contribution in [3.8, 4) is 11.1 Å². The molecule has 8 rings (SSSR count). The largest absolute Gasteiger partial charge is 0.480 e. The first-order chi connectivity index (χ1) is 35.3. The van der Waals surface area contributed by atoms with E-state index in [0.717, 1.165) is 44.5 Å². The molecule has 73 heavy (non-hydrogen) atoms. The number of imidazole rings is 1. The zero-order chi connectivity index (χ0) is 51.4. The van der Waals surface area contributed by atoms with Crippen molar-refractivity contribution < 1.29 is 43.3 Å². The number of carboxylic acids is 1. The number of amides is 4. The lowest BCUT2D eigenvalue weighted by molar-refractivity contribution is -0.146. The number of carbonyl (C=O) groups excluding carboxylic acids is 5. The van der Waals surface area contributed by atoms with Crippen LogP contribution in [-0.4, -0.2) is 81.2 Å². The fourth-order valence-corrected chi connectivity index (χ4v) is 9.26. The van der Waals surface area contributed by atoms with Crippen LogP contribution in [0.2, 0.25) is 0 Å². The number of fused-ring (bicyclic) bond motifs is 3. The Morgan fingerprint density at radius 1 is 0.644 bits per heavy atom. The van der Waals surface area contributed by atoms with Crippen LogP contribution in [0.15, 0.2) is 182 Å². The Hall–Kier alpha value is -8.85. The maximum Gasteiger partial charge on any atom is 0.407 e. The molecule has 1 aliphatic carbocycles. The molecule has 0 bridgehead atoms. The van der Waals surface area contributed by atoms with Gasteiger partial charge in [-0.2, -0.15) is 0 Å². The summed E-state index contributed by atoms with van der Waals surface area (Å²) in [6.07, 6.45) is 1.93. The van der Waals surface area contributed by atoms with Gasteiger partial charge in [0.15, 0.2) is 0 Å². The average molecular weight is 981 g/mol. The number of nitrogens with zero attached hydrogens (tertiary/aromatic N) is 2. The molecule has 15 nitrogen and oxygen atoms in total. The molecule has 7 aromatic rings. The summed E-state index contributed by atoms with van der Waals surface area (Å²) in [5.41, 5.74) is 5.39. The van der Waals surface area contributed by atoms with Gasteiger partial charge in [0.2, 0.25) is 17.7 Å². The molecule has 0 saturated carbocycles. The third kappa shape index (κ3) is 11.9. The quantitative estimate of drug-likeness (QED) is 0.0359. The van der Waals surface area contributed by atoms with E-state index in [0.29, 0.717) is 5.69 Å². The summed E-state index contributed by atoms with van der Waals surface area (Å²) in [6.45, 7) is 2.03. The Morgan fingerprint density at radius 2 is 1.16 bits per heavy atom. The third-order valence-corrected chi connectivity index (χ3v) is 12.9. The maximum absolute atomic E-state index is 14.7. The highest BCUT2D eigenvalue weighted by Gasteiger charge is 2.40. The molecule has 5 N–H and O–H groups in total. The highest BCUT2D eigenvalue weighted by atomic mass is 16.5. The van der Waals surface area contributed by atoms with Crippen molar-refractivity contribution in [2.45, 2.75) is 68.8 Å². The fourth-order valence-electron chi connectivity index (χ4n) is 9.26. The van der Waals surface area contributed by atoms with Gasteiger partial charge in [-0.3, -0.25) is 24.0 Å². The van der Waals surface area contributed by atoms with Crippen LogP contribution in [0.25, 0.3) is 11.1 Å². The number of carboxylic acid groups (broad SMARTS) is 1. The Labute approximate surface area is 423 Å². The Bertz CT molecular complexity index is 2910. The van der Waals surface area contributed by atoms with Crippen LogP contribution in [0.4, 0.5) is 4.79 Å². The fraction of sp³-hybridized carbons (Fsp3) is 0.224. The number of aromatic nitrogens is 2. The van der Waals surface area contributed by atoms with Gasteiger partial charge in [0.1, 0.15) is 42.9 Å². The second-order valence-corrected chi connectivity index (χ2v) is 18.2. The summed E-state index contributed by atoms with van der Waals surface area (Å²) < 4.78 is 13.3. The average Bonchev–Trinajstić information content (AvgIpc) is 4.01. The van der Waals surface area contributed by atoms with Gasteiger partial charge in [-0.25, -0.2) is 9.78 Å². The molecule has 0 aliphatic heterocycles. The lowest BCUT2D eigenvalue weighted by Gasteiger charge is -2.37. The summed E-state index contributed by atoms with van der Waals surface area (Å²) in [7, 11) is 0. The molecular weight excluding hydrogens is 925 g/mol. The normalized spacial score (nSPS) is 12.8. The number of benzene rings is 6. The smallest absolute Gasteiger partial charge is 0.407 e. The van der Waals surface area contributed by atoms with E-state index in [-0.39, 0.29) is 38.4 Å². The van der Waals surface area contributed by atoms with Crippen LogP contribution < -0.4 is 21.3 Å². The van der Waals surface area contributed by atoms with E-state index < -0.39 is 65.5 Å². The molecular formula is C58H56N6O9. The van der Waals surface area contributed by atoms with E-state index in [1.54, 1.807) is 30.6 Å². The molecule has 1 aliphatic rings. The van der Waals surface area contributed by atoms with E-state index in [2.05, 4.69) is 21.3 Å². The molecule has 1 heterocycles. The predicted molar refractivity (Wildman–Crippen MR) is 273 cm³/mol. The van der Waals surface area contributed by atoms with E-state index in [1.807, 2.05) is 156 Å². The SMILES string of the molecule is CC(C)(NC(=O)[C@H](Cc1cn(C(c2ccccc2)(c2ccccc2)c2ccccc2)cn1)NC(=O)OCC1c2ccccc2-c2ccccc21)C(=O)N[C@@H](CCC(=O)OCc1ccccc1)C(=O)NCC(=O)O. The minimum atomic E-state index is -1.75. The Kier molecular flexibility index (Phi) is 15.9. The molecule has 2 atom stereocenters.